The van der Waals surface area contributed by atoms with Crippen molar-refractivity contribution in [1.82, 2.24) is 5.32 Å². The van der Waals surface area contributed by atoms with Crippen molar-refractivity contribution < 1.29 is 37.9 Å². The van der Waals surface area contributed by atoms with E-state index < -0.39 is 26.5 Å². The summed E-state index contributed by atoms with van der Waals surface area (Å²) in [6, 6.07) is 0. The van der Waals surface area contributed by atoms with Gasteiger partial charge in [-0.15, -0.1) is 0 Å². The van der Waals surface area contributed by atoms with Gasteiger partial charge >= 0.3 is 13.8 Å². The predicted octanol–water partition coefficient (Wildman–Crippen LogP) is 16.0. The fraction of sp³-hybridized carbons (Fsp3) is 0.962. The minimum atomic E-state index is -4.42. The number of aliphatic hydroxyl groups is 1. The highest BCUT2D eigenvalue weighted by Crippen LogP contribution is 2.42. The molecule has 0 radical (unpaired) electrons. The maximum atomic E-state index is 12.2. The minimum Gasteiger partial charge on any atom is -0.463 e. The number of unbranched alkanes of at least 4 members (excludes halogenated alkanes) is 39. The maximum Gasteiger partial charge on any atom is 0.472 e. The van der Waals surface area contributed by atoms with Gasteiger partial charge in [-0.05, 0) is 12.8 Å². The van der Waals surface area contributed by atoms with Crippen molar-refractivity contribution in [2.24, 2.45) is 0 Å². The molecule has 0 heterocycles. The smallest absolute Gasteiger partial charge is 0.463 e. The lowest BCUT2D eigenvalue weighted by Gasteiger charge is -2.15. The Balaban J connectivity index is 3.49. The van der Waals surface area contributed by atoms with Crippen molar-refractivity contribution in [2.45, 2.75) is 296 Å². The summed E-state index contributed by atoms with van der Waals surface area (Å²) in [5.41, 5.74) is 0. The van der Waals surface area contributed by atoms with Gasteiger partial charge in [-0.2, -0.15) is 0 Å². The van der Waals surface area contributed by atoms with Gasteiger partial charge in [-0.1, -0.05) is 264 Å². The normalized spacial score (nSPS) is 13.0. The molecule has 0 aromatic heterocycles. The molecular formula is C52H104NO8P. The SMILES string of the molecule is CCCCCCCCCCCCCCCCCCCCCCCCC(=O)OCC(O)COP(=O)(O)OCCNC(=O)CCCCCCCCCCCCCCCCCCCCC. The van der Waals surface area contributed by atoms with Crippen molar-refractivity contribution in [3.05, 3.63) is 0 Å². The van der Waals surface area contributed by atoms with Gasteiger partial charge in [0.25, 0.3) is 0 Å². The standard InChI is InChI=1S/C52H104NO8P/c1-3-5-7-9-11-13-15-17-19-21-23-24-25-27-29-31-33-35-37-39-41-43-45-52(56)59-48-50(54)49-61-62(57,58)60-47-46-53-51(55)44-42-40-38-36-34-32-30-28-26-22-20-18-16-14-12-10-8-6-4-2/h50,54H,3-49H2,1-2H3,(H,53,55)(H,57,58). The van der Waals surface area contributed by atoms with Gasteiger partial charge in [0.05, 0.1) is 13.2 Å². The van der Waals surface area contributed by atoms with Gasteiger partial charge < -0.3 is 20.1 Å². The average Bonchev–Trinajstić information content (AvgIpc) is 3.26. The number of phosphoric acid groups is 1. The van der Waals surface area contributed by atoms with E-state index in [1.165, 1.54) is 225 Å². The topological polar surface area (TPSA) is 131 Å². The van der Waals surface area contributed by atoms with E-state index in [0.717, 1.165) is 38.5 Å². The minimum absolute atomic E-state index is 0.0889. The molecule has 9 nitrogen and oxygen atoms in total. The van der Waals surface area contributed by atoms with E-state index in [2.05, 4.69) is 19.2 Å². The molecule has 0 aliphatic rings. The number of esters is 1. The number of nitrogens with one attached hydrogen (secondary N) is 1. The molecule has 0 saturated carbocycles. The lowest BCUT2D eigenvalue weighted by atomic mass is 10.0. The number of aliphatic hydroxyl groups excluding tert-OH is 1. The molecule has 0 aromatic rings. The summed E-state index contributed by atoms with van der Waals surface area (Å²) in [7, 11) is -4.42. The first-order chi connectivity index (χ1) is 30.3. The number of hydrogen-bond acceptors (Lipinski definition) is 7. The van der Waals surface area contributed by atoms with E-state index in [0.29, 0.717) is 12.8 Å². The Morgan fingerprint density at radius 2 is 0.726 bits per heavy atom. The zero-order valence-electron chi connectivity index (χ0n) is 41.1. The van der Waals surface area contributed by atoms with Gasteiger partial charge in [0.15, 0.2) is 0 Å². The third-order valence-corrected chi connectivity index (χ3v) is 13.3. The summed E-state index contributed by atoms with van der Waals surface area (Å²) >= 11 is 0. The van der Waals surface area contributed by atoms with Crippen molar-refractivity contribution >= 4 is 19.7 Å². The highest BCUT2D eigenvalue weighted by molar-refractivity contribution is 7.47. The number of hydrogen-bond donors (Lipinski definition) is 3. The van der Waals surface area contributed by atoms with Crippen LogP contribution >= 0.6 is 7.82 Å². The second kappa shape index (κ2) is 49.4. The first-order valence-corrected chi connectivity index (χ1v) is 28.5. The zero-order chi connectivity index (χ0) is 45.3. The fourth-order valence-corrected chi connectivity index (χ4v) is 8.97. The molecule has 10 heteroatoms. The van der Waals surface area contributed by atoms with Crippen LogP contribution in [0.5, 0.6) is 0 Å². The highest BCUT2D eigenvalue weighted by atomic mass is 31.2. The molecule has 0 aromatic carbocycles. The molecule has 0 bridgehead atoms. The predicted molar refractivity (Wildman–Crippen MR) is 262 cm³/mol. The summed E-state index contributed by atoms with van der Waals surface area (Å²) in [6.07, 6.45) is 53.4. The van der Waals surface area contributed by atoms with Crippen LogP contribution in [0.4, 0.5) is 0 Å². The molecule has 0 aliphatic carbocycles. The van der Waals surface area contributed by atoms with Crippen molar-refractivity contribution in [3.63, 3.8) is 0 Å². The zero-order valence-corrected chi connectivity index (χ0v) is 42.0. The van der Waals surface area contributed by atoms with Crippen LogP contribution < -0.4 is 5.32 Å². The number of rotatable bonds is 52. The van der Waals surface area contributed by atoms with Gasteiger partial charge in [0.1, 0.15) is 12.7 Å². The molecule has 0 aliphatic heterocycles. The monoisotopic (exact) mass is 902 g/mol. The van der Waals surface area contributed by atoms with Crippen LogP contribution in [0.1, 0.15) is 290 Å². The van der Waals surface area contributed by atoms with Crippen LogP contribution in [0.3, 0.4) is 0 Å². The van der Waals surface area contributed by atoms with Crippen molar-refractivity contribution in [2.75, 3.05) is 26.4 Å². The first kappa shape index (κ1) is 61.0. The maximum absolute atomic E-state index is 12.2. The van der Waals surface area contributed by atoms with Crippen molar-refractivity contribution in [3.8, 4) is 0 Å². The van der Waals surface area contributed by atoms with Crippen LogP contribution in [-0.4, -0.2) is 54.3 Å². The van der Waals surface area contributed by atoms with Gasteiger partial charge in [0, 0.05) is 19.4 Å². The van der Waals surface area contributed by atoms with Gasteiger partial charge in [-0.25, -0.2) is 4.57 Å². The average molecular weight is 902 g/mol. The Bertz CT molecular complexity index is 984. The third kappa shape index (κ3) is 50.0. The molecule has 2 unspecified atom stereocenters. The molecule has 0 fully saturated rings. The second-order valence-corrected chi connectivity index (χ2v) is 20.0. The molecule has 3 N–H and O–H groups in total. The van der Waals surface area contributed by atoms with E-state index in [-0.39, 0.29) is 25.7 Å². The Morgan fingerprint density at radius 3 is 1.05 bits per heavy atom. The summed E-state index contributed by atoms with van der Waals surface area (Å²) in [6.45, 7) is 3.64. The number of carbonyl (C=O) groups excluding carboxylic acids is 2. The van der Waals surface area contributed by atoms with E-state index in [1.54, 1.807) is 0 Å². The van der Waals surface area contributed by atoms with E-state index in [9.17, 15) is 24.2 Å². The summed E-state index contributed by atoms with van der Waals surface area (Å²) in [4.78, 5) is 34.1. The molecular weight excluding hydrogens is 798 g/mol. The van der Waals surface area contributed by atoms with Gasteiger partial charge in [0.2, 0.25) is 5.91 Å². The van der Waals surface area contributed by atoms with Crippen LogP contribution in [0.25, 0.3) is 0 Å². The van der Waals surface area contributed by atoms with Crippen LogP contribution in [0.15, 0.2) is 0 Å². The van der Waals surface area contributed by atoms with E-state index in [4.69, 9.17) is 13.8 Å². The van der Waals surface area contributed by atoms with Crippen LogP contribution in [0.2, 0.25) is 0 Å². The molecule has 0 saturated heterocycles. The summed E-state index contributed by atoms with van der Waals surface area (Å²) < 4.78 is 27.0. The lowest BCUT2D eigenvalue weighted by Crippen LogP contribution is -2.27. The number of phosphoric ester groups is 1. The summed E-state index contributed by atoms with van der Waals surface area (Å²) in [5.74, 6) is -0.496. The third-order valence-electron chi connectivity index (χ3n) is 12.3. The Labute approximate surface area is 384 Å². The van der Waals surface area contributed by atoms with Crippen molar-refractivity contribution in [1.29, 1.82) is 0 Å². The molecule has 2 atom stereocenters. The molecule has 370 valence electrons. The largest absolute Gasteiger partial charge is 0.472 e. The number of carbonyl (C=O) groups is 2. The van der Waals surface area contributed by atoms with Gasteiger partial charge in [-0.3, -0.25) is 18.6 Å². The molecule has 1 amide bonds. The van der Waals surface area contributed by atoms with E-state index >= 15 is 0 Å². The molecule has 62 heavy (non-hydrogen) atoms. The Kier molecular flexibility index (Phi) is 48.7. The molecule has 0 spiro atoms. The number of amides is 1. The van der Waals surface area contributed by atoms with Crippen LogP contribution in [0, 0.1) is 0 Å². The Hall–Kier alpha value is -0.990. The quantitative estimate of drug-likeness (QED) is 0.0312. The van der Waals surface area contributed by atoms with E-state index in [1.807, 2.05) is 0 Å². The van der Waals surface area contributed by atoms with Crippen LogP contribution in [-0.2, 0) is 27.9 Å². The Morgan fingerprint density at radius 1 is 0.435 bits per heavy atom. The molecule has 0 rings (SSSR count). The lowest BCUT2D eigenvalue weighted by molar-refractivity contribution is -0.147. The first-order valence-electron chi connectivity index (χ1n) is 27.0. The highest BCUT2D eigenvalue weighted by Gasteiger charge is 2.23. The second-order valence-electron chi connectivity index (χ2n) is 18.6. The summed E-state index contributed by atoms with van der Waals surface area (Å²) in [5, 5.41) is 12.8. The number of ether oxygens (including phenoxy) is 1. The fourth-order valence-electron chi connectivity index (χ4n) is 8.21.